The van der Waals surface area contributed by atoms with Gasteiger partial charge in [-0.3, -0.25) is 4.79 Å². The summed E-state index contributed by atoms with van der Waals surface area (Å²) >= 11 is 0. The van der Waals surface area contributed by atoms with E-state index in [-0.39, 0.29) is 24.2 Å². The van der Waals surface area contributed by atoms with Gasteiger partial charge in [0.15, 0.2) is 0 Å². The van der Waals surface area contributed by atoms with Gasteiger partial charge in [0, 0.05) is 52.4 Å². The zero-order valence-electron chi connectivity index (χ0n) is 17.1. The molecule has 10 heteroatoms. The van der Waals surface area contributed by atoms with Gasteiger partial charge in [-0.05, 0) is 25.0 Å². The maximum Gasteiger partial charge on any atom is 0.282 e. The summed E-state index contributed by atoms with van der Waals surface area (Å²) in [5.74, 6) is -0.576. The van der Waals surface area contributed by atoms with Crippen molar-refractivity contribution >= 4 is 21.8 Å². The highest BCUT2D eigenvalue weighted by atomic mass is 32.2. The van der Waals surface area contributed by atoms with Gasteiger partial charge in [-0.1, -0.05) is 12.1 Å². The number of hydrogen-bond donors (Lipinski definition) is 0. The monoisotopic (exact) mass is 440 g/mol. The fourth-order valence-electron chi connectivity index (χ4n) is 4.43. The lowest BCUT2D eigenvalue weighted by Gasteiger charge is -2.40. The number of carbonyl (C=O) groups excluding carboxylic acids is 1. The maximum absolute atomic E-state index is 14.0. The number of hydrogen-bond acceptors (Lipinski definition) is 5. The van der Waals surface area contributed by atoms with E-state index in [9.17, 15) is 17.6 Å². The molecular formula is C20H29FN4O4S. The molecule has 1 aromatic carbocycles. The Morgan fingerprint density at radius 3 is 2.37 bits per heavy atom. The molecule has 1 amide bonds. The third kappa shape index (κ3) is 4.46. The molecule has 0 saturated carbocycles. The Labute approximate surface area is 177 Å². The Bertz CT molecular complexity index is 854. The van der Waals surface area contributed by atoms with E-state index in [1.54, 1.807) is 17.0 Å². The van der Waals surface area contributed by atoms with Crippen molar-refractivity contribution in [2.45, 2.75) is 12.8 Å². The third-order valence-corrected chi connectivity index (χ3v) is 8.14. The highest BCUT2D eigenvalue weighted by Crippen LogP contribution is 2.25. The van der Waals surface area contributed by atoms with E-state index >= 15 is 0 Å². The lowest BCUT2D eigenvalue weighted by atomic mass is 9.97. The van der Waals surface area contributed by atoms with Crippen LogP contribution in [-0.4, -0.2) is 93.4 Å². The van der Waals surface area contributed by atoms with Gasteiger partial charge < -0.3 is 14.5 Å². The van der Waals surface area contributed by atoms with E-state index in [1.165, 1.54) is 14.7 Å². The number of halogens is 1. The molecule has 3 saturated heterocycles. The Morgan fingerprint density at radius 1 is 0.967 bits per heavy atom. The van der Waals surface area contributed by atoms with Crippen molar-refractivity contribution in [1.29, 1.82) is 0 Å². The van der Waals surface area contributed by atoms with Gasteiger partial charge in [0.1, 0.15) is 5.82 Å². The average Bonchev–Trinajstić information content (AvgIpc) is 2.80. The SMILES string of the molecule is O=C([C@H]1CCCN(S(=O)(=O)N2CCOCC2)C1)N1CCN(c2ccccc2F)CC1. The number of amides is 1. The molecule has 3 heterocycles. The highest BCUT2D eigenvalue weighted by molar-refractivity contribution is 7.86. The topological polar surface area (TPSA) is 73.4 Å². The molecule has 1 atom stereocenters. The molecule has 3 aliphatic rings. The van der Waals surface area contributed by atoms with Crippen LogP contribution >= 0.6 is 0 Å². The van der Waals surface area contributed by atoms with E-state index in [0.717, 1.165) is 0 Å². The molecular weight excluding hydrogens is 411 g/mol. The van der Waals surface area contributed by atoms with Crippen LogP contribution in [0.4, 0.5) is 10.1 Å². The van der Waals surface area contributed by atoms with Crippen LogP contribution in [0.2, 0.25) is 0 Å². The molecule has 8 nitrogen and oxygen atoms in total. The Balaban J connectivity index is 1.35. The number of morpholine rings is 1. The predicted molar refractivity (Wildman–Crippen MR) is 111 cm³/mol. The molecule has 0 bridgehead atoms. The van der Waals surface area contributed by atoms with Crippen molar-refractivity contribution in [3.8, 4) is 0 Å². The molecule has 30 heavy (non-hydrogen) atoms. The van der Waals surface area contributed by atoms with Crippen molar-refractivity contribution in [3.05, 3.63) is 30.1 Å². The third-order valence-electron chi connectivity index (χ3n) is 6.14. The molecule has 0 N–H and O–H groups in total. The first kappa shape index (κ1) is 21.5. The minimum absolute atomic E-state index is 0.00469. The highest BCUT2D eigenvalue weighted by Gasteiger charge is 2.38. The zero-order valence-corrected chi connectivity index (χ0v) is 17.9. The van der Waals surface area contributed by atoms with Gasteiger partial charge in [0.2, 0.25) is 5.91 Å². The number of anilines is 1. The molecule has 166 valence electrons. The fraction of sp³-hybridized carbons (Fsp3) is 0.650. The molecule has 4 rings (SSSR count). The van der Waals surface area contributed by atoms with Gasteiger partial charge >= 0.3 is 0 Å². The lowest BCUT2D eigenvalue weighted by molar-refractivity contribution is -0.137. The summed E-state index contributed by atoms with van der Waals surface area (Å²) in [6, 6.07) is 6.67. The molecule has 0 radical (unpaired) electrons. The number of piperazine rings is 1. The van der Waals surface area contributed by atoms with Crippen LogP contribution in [0.25, 0.3) is 0 Å². The van der Waals surface area contributed by atoms with Gasteiger partial charge in [0.05, 0.1) is 24.8 Å². The van der Waals surface area contributed by atoms with E-state index in [0.29, 0.717) is 77.6 Å². The van der Waals surface area contributed by atoms with Crippen LogP contribution < -0.4 is 4.90 Å². The number of nitrogens with zero attached hydrogens (tertiary/aromatic N) is 4. The molecule has 1 aromatic rings. The Hall–Kier alpha value is -1.75. The van der Waals surface area contributed by atoms with Crippen LogP contribution in [-0.2, 0) is 19.7 Å². The van der Waals surface area contributed by atoms with Gasteiger partial charge in [-0.2, -0.15) is 17.0 Å². The lowest BCUT2D eigenvalue weighted by Crippen LogP contribution is -2.55. The number of para-hydroxylation sites is 1. The van der Waals surface area contributed by atoms with Crippen molar-refractivity contribution in [1.82, 2.24) is 13.5 Å². The van der Waals surface area contributed by atoms with Crippen molar-refractivity contribution in [2.24, 2.45) is 5.92 Å². The first-order valence-corrected chi connectivity index (χ1v) is 12.0. The number of rotatable bonds is 4. The Morgan fingerprint density at radius 2 is 1.67 bits per heavy atom. The summed E-state index contributed by atoms with van der Waals surface area (Å²) in [5, 5.41) is 0. The van der Waals surface area contributed by atoms with Crippen LogP contribution in [0.1, 0.15) is 12.8 Å². The fourth-order valence-corrected chi connectivity index (χ4v) is 6.09. The first-order chi connectivity index (χ1) is 14.5. The summed E-state index contributed by atoms with van der Waals surface area (Å²) in [5.41, 5.74) is 0.560. The van der Waals surface area contributed by atoms with E-state index in [1.807, 2.05) is 11.0 Å². The second-order valence-corrected chi connectivity index (χ2v) is 9.91. The summed E-state index contributed by atoms with van der Waals surface area (Å²) in [6.45, 7) is 4.36. The molecule has 0 aliphatic carbocycles. The predicted octanol–water partition coefficient (Wildman–Crippen LogP) is 0.763. The van der Waals surface area contributed by atoms with Crippen LogP contribution in [0.3, 0.4) is 0 Å². The van der Waals surface area contributed by atoms with Crippen LogP contribution in [0, 0.1) is 11.7 Å². The van der Waals surface area contributed by atoms with Crippen molar-refractivity contribution in [3.63, 3.8) is 0 Å². The smallest absolute Gasteiger partial charge is 0.282 e. The van der Waals surface area contributed by atoms with Gasteiger partial charge in [-0.25, -0.2) is 4.39 Å². The van der Waals surface area contributed by atoms with Crippen LogP contribution in [0.5, 0.6) is 0 Å². The van der Waals surface area contributed by atoms with E-state index in [2.05, 4.69) is 0 Å². The molecule has 0 spiro atoms. The minimum atomic E-state index is -3.57. The zero-order chi connectivity index (χ0) is 21.1. The first-order valence-electron chi connectivity index (χ1n) is 10.6. The number of carbonyl (C=O) groups is 1. The quantitative estimate of drug-likeness (QED) is 0.691. The van der Waals surface area contributed by atoms with E-state index < -0.39 is 10.2 Å². The molecule has 0 aromatic heterocycles. The molecule has 3 fully saturated rings. The second kappa shape index (κ2) is 9.17. The Kier molecular flexibility index (Phi) is 6.57. The standard InChI is InChI=1S/C20H29FN4O4S/c21-18-5-1-2-6-19(18)22-8-10-23(11-9-22)20(26)17-4-3-7-25(16-17)30(27,28)24-12-14-29-15-13-24/h1-2,5-6,17H,3-4,7-16H2/t17-/m0/s1. The molecule has 0 unspecified atom stereocenters. The number of ether oxygens (including phenoxy) is 1. The molecule has 3 aliphatic heterocycles. The summed E-state index contributed by atoms with van der Waals surface area (Å²) in [7, 11) is -3.57. The number of piperidine rings is 1. The average molecular weight is 441 g/mol. The maximum atomic E-state index is 14.0. The van der Waals surface area contributed by atoms with E-state index in [4.69, 9.17) is 4.74 Å². The van der Waals surface area contributed by atoms with Gasteiger partial charge in [0.25, 0.3) is 10.2 Å². The number of benzene rings is 1. The van der Waals surface area contributed by atoms with Crippen molar-refractivity contribution < 1.29 is 22.3 Å². The summed E-state index contributed by atoms with van der Waals surface area (Å²) in [4.78, 5) is 16.8. The largest absolute Gasteiger partial charge is 0.379 e. The normalized spacial score (nSPS) is 24.8. The van der Waals surface area contributed by atoms with Gasteiger partial charge in [-0.15, -0.1) is 0 Å². The summed E-state index contributed by atoms with van der Waals surface area (Å²) in [6.07, 6.45) is 1.37. The van der Waals surface area contributed by atoms with Crippen LogP contribution in [0.15, 0.2) is 24.3 Å². The summed E-state index contributed by atoms with van der Waals surface area (Å²) < 4.78 is 48.1. The second-order valence-electron chi connectivity index (χ2n) is 7.98. The minimum Gasteiger partial charge on any atom is -0.379 e. The van der Waals surface area contributed by atoms with Crippen molar-refractivity contribution in [2.75, 3.05) is 70.5 Å².